The smallest absolute Gasteiger partial charge is 0.326 e. The number of fused-ring (bicyclic) bond motifs is 1. The van der Waals surface area contributed by atoms with Crippen LogP contribution < -0.4 is 4.90 Å². The number of carboxylic acid groups (broad SMARTS) is 1. The van der Waals surface area contributed by atoms with Crippen LogP contribution in [0.4, 0.5) is 10.1 Å². The third kappa shape index (κ3) is 3.40. The fraction of sp³-hybridized carbons (Fsp3) is 0.600. The number of amides is 1. The second-order valence-corrected chi connectivity index (χ2v) is 7.93. The third-order valence-corrected chi connectivity index (χ3v) is 6.37. The summed E-state index contributed by atoms with van der Waals surface area (Å²) >= 11 is 0. The van der Waals surface area contributed by atoms with Crippen LogP contribution >= 0.6 is 0 Å². The summed E-state index contributed by atoms with van der Waals surface area (Å²) in [6, 6.07) is 4.41. The van der Waals surface area contributed by atoms with Crippen LogP contribution in [-0.4, -0.2) is 71.1 Å². The lowest BCUT2D eigenvalue weighted by molar-refractivity contribution is -0.139. The van der Waals surface area contributed by atoms with Crippen molar-refractivity contribution in [3.05, 3.63) is 29.6 Å². The number of nitrogens with zero attached hydrogens (tertiary/aromatic N) is 3. The fourth-order valence-corrected chi connectivity index (χ4v) is 4.96. The predicted molar refractivity (Wildman–Crippen MR) is 99.2 cm³/mol. The Balaban J connectivity index is 1.48. The zero-order chi connectivity index (χ0) is 19.1. The monoisotopic (exact) mass is 375 g/mol. The quantitative estimate of drug-likeness (QED) is 0.874. The summed E-state index contributed by atoms with van der Waals surface area (Å²) in [5.74, 6) is -0.884. The number of piperazine rings is 1. The number of aliphatic carboxylic acids is 1. The van der Waals surface area contributed by atoms with Gasteiger partial charge in [0.2, 0.25) is 5.91 Å². The SMILES string of the molecule is Cc1cc(F)ccc1N1CCC(N2CCN3C(=O)CCC3C2)CC1C(=O)O. The lowest BCUT2D eigenvalue weighted by atomic mass is 9.93. The molecule has 0 aromatic heterocycles. The van der Waals surface area contributed by atoms with E-state index < -0.39 is 12.0 Å². The maximum atomic E-state index is 13.4. The van der Waals surface area contributed by atoms with Gasteiger partial charge < -0.3 is 14.9 Å². The Morgan fingerprint density at radius 3 is 2.70 bits per heavy atom. The molecule has 0 radical (unpaired) electrons. The normalized spacial score (nSPS) is 29.1. The number of carbonyl (C=O) groups is 2. The summed E-state index contributed by atoms with van der Waals surface area (Å²) in [6.07, 6.45) is 2.97. The van der Waals surface area contributed by atoms with Crippen molar-refractivity contribution in [2.24, 2.45) is 0 Å². The summed E-state index contributed by atoms with van der Waals surface area (Å²) in [6.45, 7) is 4.86. The molecule has 146 valence electrons. The molecule has 3 unspecified atom stereocenters. The first kappa shape index (κ1) is 18.2. The van der Waals surface area contributed by atoms with Gasteiger partial charge in [0.15, 0.2) is 0 Å². The number of halogens is 1. The molecule has 3 saturated heterocycles. The van der Waals surface area contributed by atoms with E-state index in [4.69, 9.17) is 0 Å². The number of aryl methyl sites for hydroxylation is 1. The van der Waals surface area contributed by atoms with Gasteiger partial charge in [-0.1, -0.05) is 0 Å². The van der Waals surface area contributed by atoms with Crippen molar-refractivity contribution in [1.82, 2.24) is 9.80 Å². The highest BCUT2D eigenvalue weighted by Gasteiger charge is 2.41. The highest BCUT2D eigenvalue weighted by Crippen LogP contribution is 2.32. The summed E-state index contributed by atoms with van der Waals surface area (Å²) in [5, 5.41) is 9.83. The molecule has 3 heterocycles. The van der Waals surface area contributed by atoms with Crippen LogP contribution in [0.25, 0.3) is 0 Å². The van der Waals surface area contributed by atoms with Crippen molar-refractivity contribution in [3.63, 3.8) is 0 Å². The van der Waals surface area contributed by atoms with E-state index >= 15 is 0 Å². The Hall–Kier alpha value is -2.15. The number of carbonyl (C=O) groups excluding carboxylic acids is 1. The van der Waals surface area contributed by atoms with Crippen molar-refractivity contribution in [1.29, 1.82) is 0 Å². The number of rotatable bonds is 3. The minimum atomic E-state index is -0.835. The second kappa shape index (κ2) is 7.11. The zero-order valence-electron chi connectivity index (χ0n) is 15.6. The van der Waals surface area contributed by atoms with Gasteiger partial charge in [0.25, 0.3) is 0 Å². The Morgan fingerprint density at radius 1 is 1.15 bits per heavy atom. The molecule has 3 aliphatic rings. The Bertz CT molecular complexity index is 756. The molecular formula is C20H26FN3O3. The van der Waals surface area contributed by atoms with Crippen molar-refractivity contribution in [2.45, 2.75) is 50.7 Å². The van der Waals surface area contributed by atoms with E-state index in [-0.39, 0.29) is 23.8 Å². The number of piperidine rings is 1. The highest BCUT2D eigenvalue weighted by atomic mass is 19.1. The molecule has 6 nitrogen and oxygen atoms in total. The summed E-state index contributed by atoms with van der Waals surface area (Å²) in [5.41, 5.74) is 1.56. The molecule has 4 rings (SSSR count). The van der Waals surface area contributed by atoms with Gasteiger partial charge in [-0.3, -0.25) is 9.69 Å². The average Bonchev–Trinajstić information content (AvgIpc) is 3.02. The van der Waals surface area contributed by atoms with Gasteiger partial charge in [-0.2, -0.15) is 0 Å². The minimum absolute atomic E-state index is 0.209. The van der Waals surface area contributed by atoms with Crippen molar-refractivity contribution >= 4 is 17.6 Å². The molecule has 1 N–H and O–H groups in total. The van der Waals surface area contributed by atoms with Gasteiger partial charge in [-0.15, -0.1) is 0 Å². The fourth-order valence-electron chi connectivity index (χ4n) is 4.96. The molecule has 1 aromatic carbocycles. The van der Waals surface area contributed by atoms with Crippen LogP contribution in [0.15, 0.2) is 18.2 Å². The van der Waals surface area contributed by atoms with Crippen LogP contribution in [0.3, 0.4) is 0 Å². The van der Waals surface area contributed by atoms with Crippen LogP contribution in [0, 0.1) is 12.7 Å². The van der Waals surface area contributed by atoms with Gasteiger partial charge in [0.1, 0.15) is 11.9 Å². The molecule has 27 heavy (non-hydrogen) atoms. The molecule has 0 spiro atoms. The van der Waals surface area contributed by atoms with E-state index in [0.29, 0.717) is 19.4 Å². The highest BCUT2D eigenvalue weighted by molar-refractivity contribution is 5.79. The first-order valence-electron chi connectivity index (χ1n) is 9.73. The molecule has 3 aliphatic heterocycles. The Morgan fingerprint density at radius 2 is 1.96 bits per heavy atom. The molecule has 7 heteroatoms. The third-order valence-electron chi connectivity index (χ3n) is 6.37. The molecule has 0 saturated carbocycles. The van der Waals surface area contributed by atoms with Gasteiger partial charge in [0, 0.05) is 50.4 Å². The standard InChI is InChI=1S/C20H26FN3O3/c1-13-10-14(21)2-4-17(13)24-7-6-15(11-18(24)20(26)27)22-8-9-23-16(12-22)3-5-19(23)25/h2,4,10,15-16,18H,3,5-9,11-12H2,1H3,(H,26,27). The van der Waals surface area contributed by atoms with Crippen LogP contribution in [0.1, 0.15) is 31.2 Å². The topological polar surface area (TPSA) is 64.1 Å². The van der Waals surface area contributed by atoms with E-state index in [2.05, 4.69) is 4.90 Å². The van der Waals surface area contributed by atoms with Crippen LogP contribution in [0.5, 0.6) is 0 Å². The largest absolute Gasteiger partial charge is 0.480 e. The Labute approximate surface area is 158 Å². The summed E-state index contributed by atoms with van der Waals surface area (Å²) < 4.78 is 13.4. The van der Waals surface area contributed by atoms with Crippen molar-refractivity contribution in [3.8, 4) is 0 Å². The van der Waals surface area contributed by atoms with Gasteiger partial charge in [-0.25, -0.2) is 9.18 Å². The average molecular weight is 375 g/mol. The predicted octanol–water partition coefficient (Wildman–Crippen LogP) is 1.86. The van der Waals surface area contributed by atoms with E-state index in [0.717, 1.165) is 43.7 Å². The lowest BCUT2D eigenvalue weighted by Crippen LogP contribution is -2.59. The Kier molecular flexibility index (Phi) is 4.80. The minimum Gasteiger partial charge on any atom is -0.480 e. The van der Waals surface area contributed by atoms with E-state index in [1.54, 1.807) is 6.07 Å². The van der Waals surface area contributed by atoms with Crippen LogP contribution in [-0.2, 0) is 9.59 Å². The summed E-state index contributed by atoms with van der Waals surface area (Å²) in [4.78, 5) is 30.1. The molecule has 3 fully saturated rings. The van der Waals surface area contributed by atoms with Crippen molar-refractivity contribution in [2.75, 3.05) is 31.1 Å². The first-order chi connectivity index (χ1) is 12.9. The number of benzene rings is 1. The van der Waals surface area contributed by atoms with Gasteiger partial charge in [-0.05, 0) is 49.9 Å². The molecule has 1 aromatic rings. The molecule has 1 amide bonds. The summed E-state index contributed by atoms with van der Waals surface area (Å²) in [7, 11) is 0. The number of anilines is 1. The maximum absolute atomic E-state index is 13.4. The number of hydrogen-bond acceptors (Lipinski definition) is 4. The molecule has 3 atom stereocenters. The van der Waals surface area contributed by atoms with Gasteiger partial charge >= 0.3 is 5.97 Å². The number of hydrogen-bond donors (Lipinski definition) is 1. The zero-order valence-corrected chi connectivity index (χ0v) is 15.6. The first-order valence-corrected chi connectivity index (χ1v) is 9.73. The number of carboxylic acids is 1. The maximum Gasteiger partial charge on any atom is 0.326 e. The lowest BCUT2D eigenvalue weighted by Gasteiger charge is -2.47. The molecule has 0 aliphatic carbocycles. The van der Waals surface area contributed by atoms with Crippen LogP contribution in [0.2, 0.25) is 0 Å². The van der Waals surface area contributed by atoms with Gasteiger partial charge in [0.05, 0.1) is 0 Å². The van der Waals surface area contributed by atoms with Crippen molar-refractivity contribution < 1.29 is 19.1 Å². The molecule has 0 bridgehead atoms. The van der Waals surface area contributed by atoms with E-state index in [1.165, 1.54) is 12.1 Å². The molecular weight excluding hydrogens is 349 g/mol. The second-order valence-electron chi connectivity index (χ2n) is 7.93. The van der Waals surface area contributed by atoms with E-state index in [1.807, 2.05) is 16.7 Å². The van der Waals surface area contributed by atoms with E-state index in [9.17, 15) is 19.1 Å².